The standard InChI is InChI=1S/C19H27N5O2/c1-12-21-11-15(17(22-12)13-4-5-13)19(26)23-9-6-14(7-10-23)24-8-2-3-16(24)18(20)25/h11,13-14,16H,2-10H2,1H3,(H2,20,25). The highest BCUT2D eigenvalue weighted by Gasteiger charge is 2.37. The van der Waals surface area contributed by atoms with E-state index in [0.29, 0.717) is 30.6 Å². The van der Waals surface area contributed by atoms with E-state index in [0.717, 1.165) is 56.6 Å². The zero-order valence-corrected chi connectivity index (χ0v) is 15.4. The fourth-order valence-electron chi connectivity index (χ4n) is 4.42. The number of aromatic nitrogens is 2. The Morgan fingerprint density at radius 1 is 1.12 bits per heavy atom. The second-order valence-corrected chi connectivity index (χ2v) is 7.81. The van der Waals surface area contributed by atoms with Crippen molar-refractivity contribution >= 4 is 11.8 Å². The Labute approximate surface area is 154 Å². The molecule has 26 heavy (non-hydrogen) atoms. The minimum Gasteiger partial charge on any atom is -0.368 e. The highest BCUT2D eigenvalue weighted by molar-refractivity contribution is 5.95. The van der Waals surface area contributed by atoms with Gasteiger partial charge < -0.3 is 10.6 Å². The molecule has 2 aliphatic heterocycles. The van der Waals surface area contributed by atoms with Crippen LogP contribution in [0.5, 0.6) is 0 Å². The number of carbonyl (C=O) groups excluding carboxylic acids is 2. The van der Waals surface area contributed by atoms with Crippen LogP contribution in [0.25, 0.3) is 0 Å². The lowest BCUT2D eigenvalue weighted by molar-refractivity contribution is -0.123. The van der Waals surface area contributed by atoms with Gasteiger partial charge in [0.25, 0.3) is 5.91 Å². The number of nitrogens with two attached hydrogens (primary N) is 1. The zero-order chi connectivity index (χ0) is 18.3. The van der Waals surface area contributed by atoms with Crippen LogP contribution in [0.15, 0.2) is 6.20 Å². The molecule has 2 saturated heterocycles. The molecule has 4 rings (SSSR count). The molecule has 140 valence electrons. The van der Waals surface area contributed by atoms with Crippen LogP contribution in [0, 0.1) is 6.92 Å². The number of amides is 2. The molecule has 1 unspecified atom stereocenters. The number of piperidine rings is 1. The molecular formula is C19H27N5O2. The molecule has 1 aliphatic carbocycles. The van der Waals surface area contributed by atoms with E-state index in [1.807, 2.05) is 11.8 Å². The van der Waals surface area contributed by atoms with Gasteiger partial charge in [-0.2, -0.15) is 0 Å². The minimum atomic E-state index is -0.216. The van der Waals surface area contributed by atoms with E-state index in [1.54, 1.807) is 6.20 Å². The van der Waals surface area contributed by atoms with Gasteiger partial charge in [-0.3, -0.25) is 14.5 Å². The summed E-state index contributed by atoms with van der Waals surface area (Å²) >= 11 is 0. The van der Waals surface area contributed by atoms with Crippen molar-refractivity contribution in [2.45, 2.75) is 63.5 Å². The number of hydrogen-bond donors (Lipinski definition) is 1. The van der Waals surface area contributed by atoms with Crippen LogP contribution in [-0.4, -0.2) is 63.3 Å². The van der Waals surface area contributed by atoms with Gasteiger partial charge in [-0.05, 0) is 52.0 Å². The molecule has 0 aromatic carbocycles. The molecule has 3 heterocycles. The van der Waals surface area contributed by atoms with E-state index in [2.05, 4.69) is 14.9 Å². The highest BCUT2D eigenvalue weighted by Crippen LogP contribution is 2.40. The van der Waals surface area contributed by atoms with Crippen molar-refractivity contribution in [1.82, 2.24) is 19.8 Å². The first-order chi connectivity index (χ1) is 12.5. The Kier molecular flexibility index (Phi) is 4.65. The third-order valence-electron chi connectivity index (χ3n) is 5.98. The van der Waals surface area contributed by atoms with Crippen molar-refractivity contribution < 1.29 is 9.59 Å². The van der Waals surface area contributed by atoms with Gasteiger partial charge in [0.15, 0.2) is 0 Å². The molecule has 1 saturated carbocycles. The van der Waals surface area contributed by atoms with Crippen molar-refractivity contribution in [2.24, 2.45) is 5.73 Å². The number of hydrogen-bond acceptors (Lipinski definition) is 5. The van der Waals surface area contributed by atoms with Crippen LogP contribution in [0.1, 0.15) is 66.3 Å². The molecule has 2 N–H and O–H groups in total. The molecule has 1 atom stereocenters. The lowest BCUT2D eigenvalue weighted by Gasteiger charge is -2.38. The SMILES string of the molecule is Cc1ncc(C(=O)N2CCC(N3CCCC3C(N)=O)CC2)c(C2CC2)n1. The van der Waals surface area contributed by atoms with Gasteiger partial charge in [0.1, 0.15) is 5.82 Å². The number of primary amides is 1. The molecule has 7 heteroatoms. The summed E-state index contributed by atoms with van der Waals surface area (Å²) in [5.74, 6) is 0.993. The van der Waals surface area contributed by atoms with Crippen LogP contribution in [0.4, 0.5) is 0 Å². The quantitative estimate of drug-likeness (QED) is 0.874. The summed E-state index contributed by atoms with van der Waals surface area (Å²) in [6.45, 7) is 4.23. The van der Waals surface area contributed by atoms with E-state index in [-0.39, 0.29) is 17.9 Å². The average Bonchev–Trinajstić information content (AvgIpc) is 3.37. The Morgan fingerprint density at radius 2 is 1.85 bits per heavy atom. The maximum Gasteiger partial charge on any atom is 0.257 e. The molecule has 7 nitrogen and oxygen atoms in total. The Hall–Kier alpha value is -2.02. The van der Waals surface area contributed by atoms with E-state index in [4.69, 9.17) is 5.73 Å². The third kappa shape index (κ3) is 3.32. The van der Waals surface area contributed by atoms with E-state index < -0.39 is 0 Å². The Bertz CT molecular complexity index is 710. The van der Waals surface area contributed by atoms with Crippen molar-refractivity contribution in [2.75, 3.05) is 19.6 Å². The fourth-order valence-corrected chi connectivity index (χ4v) is 4.42. The van der Waals surface area contributed by atoms with Crippen molar-refractivity contribution in [3.05, 3.63) is 23.3 Å². The summed E-state index contributed by atoms with van der Waals surface area (Å²) in [4.78, 5) is 37.6. The maximum atomic E-state index is 13.0. The van der Waals surface area contributed by atoms with Crippen LogP contribution >= 0.6 is 0 Å². The molecule has 2 amide bonds. The summed E-state index contributed by atoms with van der Waals surface area (Å²) in [6, 6.07) is 0.213. The molecule has 0 bridgehead atoms. The van der Waals surface area contributed by atoms with Crippen LogP contribution in [-0.2, 0) is 4.79 Å². The van der Waals surface area contributed by atoms with Crippen LogP contribution in [0.3, 0.4) is 0 Å². The summed E-state index contributed by atoms with van der Waals surface area (Å²) in [5, 5.41) is 0. The zero-order valence-electron chi connectivity index (χ0n) is 15.4. The molecule has 1 aromatic rings. The number of rotatable bonds is 4. The second-order valence-electron chi connectivity index (χ2n) is 7.81. The monoisotopic (exact) mass is 357 g/mol. The van der Waals surface area contributed by atoms with Crippen molar-refractivity contribution in [3.8, 4) is 0 Å². The smallest absolute Gasteiger partial charge is 0.257 e. The normalized spacial score (nSPS) is 24.8. The average molecular weight is 357 g/mol. The number of nitrogens with zero attached hydrogens (tertiary/aromatic N) is 4. The highest BCUT2D eigenvalue weighted by atomic mass is 16.2. The maximum absolute atomic E-state index is 13.0. The molecule has 3 fully saturated rings. The number of likely N-dealkylation sites (tertiary alicyclic amines) is 2. The van der Waals surface area contributed by atoms with Gasteiger partial charge in [0.05, 0.1) is 17.3 Å². The molecule has 1 aromatic heterocycles. The molecule has 3 aliphatic rings. The minimum absolute atomic E-state index is 0.0539. The number of carbonyl (C=O) groups is 2. The predicted molar refractivity (Wildman–Crippen MR) is 96.6 cm³/mol. The summed E-state index contributed by atoms with van der Waals surface area (Å²) in [6.07, 6.45) is 7.60. The van der Waals surface area contributed by atoms with Gasteiger partial charge in [-0.15, -0.1) is 0 Å². The topological polar surface area (TPSA) is 92.4 Å². The molecular weight excluding hydrogens is 330 g/mol. The van der Waals surface area contributed by atoms with Gasteiger partial charge in [-0.25, -0.2) is 9.97 Å². The molecule has 0 spiro atoms. The summed E-state index contributed by atoms with van der Waals surface area (Å²) in [5.41, 5.74) is 7.15. The Morgan fingerprint density at radius 3 is 2.50 bits per heavy atom. The van der Waals surface area contributed by atoms with E-state index >= 15 is 0 Å². The van der Waals surface area contributed by atoms with Crippen molar-refractivity contribution in [3.63, 3.8) is 0 Å². The van der Waals surface area contributed by atoms with Crippen LogP contribution < -0.4 is 5.73 Å². The van der Waals surface area contributed by atoms with Gasteiger partial charge >= 0.3 is 0 Å². The lowest BCUT2D eigenvalue weighted by atomic mass is 10.0. The summed E-state index contributed by atoms with van der Waals surface area (Å²) in [7, 11) is 0. The molecule has 0 radical (unpaired) electrons. The first kappa shape index (κ1) is 17.4. The first-order valence-corrected chi connectivity index (χ1v) is 9.72. The van der Waals surface area contributed by atoms with Crippen molar-refractivity contribution in [1.29, 1.82) is 0 Å². The van der Waals surface area contributed by atoms with Gasteiger partial charge in [-0.1, -0.05) is 0 Å². The summed E-state index contributed by atoms with van der Waals surface area (Å²) < 4.78 is 0. The number of aryl methyl sites for hydroxylation is 1. The van der Waals surface area contributed by atoms with Crippen LogP contribution in [0.2, 0.25) is 0 Å². The third-order valence-corrected chi connectivity index (χ3v) is 5.98. The predicted octanol–water partition coefficient (Wildman–Crippen LogP) is 1.22. The lowest BCUT2D eigenvalue weighted by Crippen LogP contribution is -2.51. The fraction of sp³-hybridized carbons (Fsp3) is 0.684. The Balaban J connectivity index is 1.42. The van der Waals surface area contributed by atoms with E-state index in [1.165, 1.54) is 0 Å². The second kappa shape index (κ2) is 6.95. The van der Waals surface area contributed by atoms with Gasteiger partial charge in [0.2, 0.25) is 5.91 Å². The first-order valence-electron chi connectivity index (χ1n) is 9.72. The van der Waals surface area contributed by atoms with Gasteiger partial charge in [0, 0.05) is 31.2 Å². The largest absolute Gasteiger partial charge is 0.368 e. The van der Waals surface area contributed by atoms with E-state index in [9.17, 15) is 9.59 Å².